The topological polar surface area (TPSA) is 50.4 Å². The van der Waals surface area contributed by atoms with Crippen LogP contribution in [0.3, 0.4) is 0 Å². The Balaban J connectivity index is 1.63. The van der Waals surface area contributed by atoms with Gasteiger partial charge in [0.2, 0.25) is 5.91 Å². The lowest BCUT2D eigenvalue weighted by atomic mass is 9.95. The van der Waals surface area contributed by atoms with Crippen molar-refractivity contribution < 1.29 is 9.53 Å². The van der Waals surface area contributed by atoms with Gasteiger partial charge < -0.3 is 15.4 Å². The number of fused-ring (bicyclic) bond motifs is 1. The third kappa shape index (κ3) is 4.40. The van der Waals surface area contributed by atoms with Gasteiger partial charge in [0.1, 0.15) is 5.75 Å². The molecule has 4 heteroatoms. The highest BCUT2D eigenvalue weighted by molar-refractivity contribution is 5.82. The monoisotopic (exact) mass is 338 g/mol. The highest BCUT2D eigenvalue weighted by Gasteiger charge is 2.25. The van der Waals surface area contributed by atoms with Gasteiger partial charge in [-0.25, -0.2) is 0 Å². The first-order valence-corrected chi connectivity index (χ1v) is 8.90. The van der Waals surface area contributed by atoms with Gasteiger partial charge in [-0.1, -0.05) is 36.4 Å². The predicted octanol–water partition coefficient (Wildman–Crippen LogP) is 3.37. The van der Waals surface area contributed by atoms with Crippen LogP contribution < -0.4 is 15.4 Å². The third-order valence-corrected chi connectivity index (χ3v) is 4.49. The van der Waals surface area contributed by atoms with E-state index in [-0.39, 0.29) is 24.1 Å². The Morgan fingerprint density at radius 2 is 1.88 bits per heavy atom. The largest absolute Gasteiger partial charge is 0.491 e. The number of ether oxygens (including phenoxy) is 1. The molecule has 1 heterocycles. The Bertz CT molecular complexity index is 742. The molecule has 132 valence electrons. The van der Waals surface area contributed by atoms with Gasteiger partial charge in [0.25, 0.3) is 0 Å². The Morgan fingerprint density at radius 3 is 2.64 bits per heavy atom. The number of nitrogens with one attached hydrogen (secondary N) is 2. The Labute approximate surface area is 149 Å². The van der Waals surface area contributed by atoms with Gasteiger partial charge in [0, 0.05) is 6.54 Å². The van der Waals surface area contributed by atoms with Crippen LogP contribution in [0.2, 0.25) is 0 Å². The number of amides is 1. The van der Waals surface area contributed by atoms with Crippen molar-refractivity contribution in [2.75, 3.05) is 0 Å². The molecule has 3 rings (SSSR count). The highest BCUT2D eigenvalue weighted by Crippen LogP contribution is 2.21. The van der Waals surface area contributed by atoms with Crippen LogP contribution >= 0.6 is 0 Å². The van der Waals surface area contributed by atoms with Gasteiger partial charge in [-0.2, -0.15) is 0 Å². The van der Waals surface area contributed by atoms with E-state index in [0.717, 1.165) is 24.3 Å². The quantitative estimate of drug-likeness (QED) is 0.879. The van der Waals surface area contributed by atoms with E-state index >= 15 is 0 Å². The van der Waals surface area contributed by atoms with Crippen molar-refractivity contribution in [3.63, 3.8) is 0 Å². The molecule has 0 saturated heterocycles. The van der Waals surface area contributed by atoms with Crippen LogP contribution in [0.1, 0.15) is 43.5 Å². The van der Waals surface area contributed by atoms with Crippen LogP contribution in [0, 0.1) is 0 Å². The molecule has 2 atom stereocenters. The van der Waals surface area contributed by atoms with Crippen LogP contribution in [0.25, 0.3) is 0 Å². The second-order valence-electron chi connectivity index (χ2n) is 6.88. The van der Waals surface area contributed by atoms with E-state index < -0.39 is 0 Å². The standard InChI is InChI=1S/C21H26N2O2/c1-14(2)25-19-10-6-9-16(11-19)15(3)23-21(24)20-12-17-7-4-5-8-18(17)13-22-20/h4-11,14-15,20,22H,12-13H2,1-3H3,(H,23,24). The number of benzene rings is 2. The summed E-state index contributed by atoms with van der Waals surface area (Å²) in [6.45, 7) is 6.75. The van der Waals surface area contributed by atoms with E-state index in [2.05, 4.69) is 22.8 Å². The first-order valence-electron chi connectivity index (χ1n) is 8.90. The van der Waals surface area contributed by atoms with Crippen molar-refractivity contribution >= 4 is 5.91 Å². The van der Waals surface area contributed by atoms with Gasteiger partial charge in [-0.05, 0) is 56.0 Å². The molecule has 0 fully saturated rings. The summed E-state index contributed by atoms with van der Waals surface area (Å²) in [5, 5.41) is 6.45. The zero-order chi connectivity index (χ0) is 17.8. The summed E-state index contributed by atoms with van der Waals surface area (Å²) in [4.78, 5) is 12.6. The van der Waals surface area contributed by atoms with Crippen LogP contribution in [0.5, 0.6) is 5.75 Å². The van der Waals surface area contributed by atoms with Gasteiger partial charge in [0.15, 0.2) is 0 Å². The summed E-state index contributed by atoms with van der Waals surface area (Å²) in [5.41, 5.74) is 3.57. The highest BCUT2D eigenvalue weighted by atomic mass is 16.5. The van der Waals surface area contributed by atoms with Crippen LogP contribution in [0.4, 0.5) is 0 Å². The van der Waals surface area contributed by atoms with Crippen molar-refractivity contribution in [3.8, 4) is 5.75 Å². The predicted molar refractivity (Wildman–Crippen MR) is 99.5 cm³/mol. The minimum Gasteiger partial charge on any atom is -0.491 e. The lowest BCUT2D eigenvalue weighted by Gasteiger charge is -2.27. The van der Waals surface area contributed by atoms with Crippen molar-refractivity contribution in [2.45, 2.75) is 51.9 Å². The number of hydrogen-bond acceptors (Lipinski definition) is 3. The molecule has 2 unspecified atom stereocenters. The summed E-state index contributed by atoms with van der Waals surface area (Å²) in [7, 11) is 0. The fourth-order valence-corrected chi connectivity index (χ4v) is 3.17. The number of hydrogen-bond donors (Lipinski definition) is 2. The van der Waals surface area contributed by atoms with Crippen molar-refractivity contribution in [1.29, 1.82) is 0 Å². The van der Waals surface area contributed by atoms with E-state index in [4.69, 9.17) is 4.74 Å². The summed E-state index contributed by atoms with van der Waals surface area (Å²) in [6, 6.07) is 15.9. The second kappa shape index (κ2) is 7.70. The van der Waals surface area contributed by atoms with Crippen LogP contribution in [0.15, 0.2) is 48.5 Å². The number of carbonyl (C=O) groups is 1. The maximum atomic E-state index is 12.6. The molecule has 0 aliphatic carbocycles. The fraction of sp³-hybridized carbons (Fsp3) is 0.381. The molecule has 4 nitrogen and oxygen atoms in total. The van der Waals surface area contributed by atoms with Crippen molar-refractivity contribution in [3.05, 3.63) is 65.2 Å². The molecular weight excluding hydrogens is 312 g/mol. The summed E-state index contributed by atoms with van der Waals surface area (Å²) >= 11 is 0. The maximum absolute atomic E-state index is 12.6. The summed E-state index contributed by atoms with van der Waals surface area (Å²) in [5.74, 6) is 0.871. The lowest BCUT2D eigenvalue weighted by molar-refractivity contribution is -0.124. The van der Waals surface area contributed by atoms with Crippen LogP contribution in [-0.2, 0) is 17.8 Å². The van der Waals surface area contributed by atoms with E-state index in [1.165, 1.54) is 11.1 Å². The number of carbonyl (C=O) groups excluding carboxylic acids is 1. The number of rotatable bonds is 5. The molecule has 2 N–H and O–H groups in total. The van der Waals surface area contributed by atoms with E-state index in [1.807, 2.05) is 57.2 Å². The van der Waals surface area contributed by atoms with Crippen molar-refractivity contribution in [1.82, 2.24) is 10.6 Å². The zero-order valence-corrected chi connectivity index (χ0v) is 15.1. The maximum Gasteiger partial charge on any atom is 0.237 e. The average molecular weight is 338 g/mol. The Hall–Kier alpha value is -2.33. The molecule has 0 bridgehead atoms. The molecule has 25 heavy (non-hydrogen) atoms. The molecule has 0 aromatic heterocycles. The zero-order valence-electron chi connectivity index (χ0n) is 15.1. The average Bonchev–Trinajstić information content (AvgIpc) is 2.61. The molecular formula is C21H26N2O2. The van der Waals surface area contributed by atoms with Gasteiger partial charge in [-0.15, -0.1) is 0 Å². The van der Waals surface area contributed by atoms with E-state index in [9.17, 15) is 4.79 Å². The third-order valence-electron chi connectivity index (χ3n) is 4.49. The minimum atomic E-state index is -0.188. The molecule has 2 aromatic carbocycles. The molecule has 0 radical (unpaired) electrons. The normalized spacial score (nSPS) is 17.7. The lowest BCUT2D eigenvalue weighted by Crippen LogP contribution is -2.48. The first kappa shape index (κ1) is 17.5. The fourth-order valence-electron chi connectivity index (χ4n) is 3.17. The van der Waals surface area contributed by atoms with E-state index in [1.54, 1.807) is 0 Å². The van der Waals surface area contributed by atoms with Gasteiger partial charge >= 0.3 is 0 Å². The van der Waals surface area contributed by atoms with Crippen molar-refractivity contribution in [2.24, 2.45) is 0 Å². The first-order chi connectivity index (χ1) is 12.0. The molecule has 0 saturated carbocycles. The molecule has 1 amide bonds. The Kier molecular flexibility index (Phi) is 5.39. The van der Waals surface area contributed by atoms with Crippen LogP contribution in [-0.4, -0.2) is 18.1 Å². The SMILES string of the molecule is CC(C)Oc1cccc(C(C)NC(=O)C2Cc3ccccc3CN2)c1. The van der Waals surface area contributed by atoms with Gasteiger partial charge in [-0.3, -0.25) is 4.79 Å². The van der Waals surface area contributed by atoms with Gasteiger partial charge in [0.05, 0.1) is 18.2 Å². The molecule has 1 aliphatic rings. The molecule has 1 aliphatic heterocycles. The Morgan fingerprint density at radius 1 is 1.12 bits per heavy atom. The summed E-state index contributed by atoms with van der Waals surface area (Å²) < 4.78 is 5.74. The van der Waals surface area contributed by atoms with E-state index in [0.29, 0.717) is 0 Å². The molecule has 2 aromatic rings. The minimum absolute atomic E-state index is 0.0391. The molecule has 0 spiro atoms. The smallest absolute Gasteiger partial charge is 0.237 e. The summed E-state index contributed by atoms with van der Waals surface area (Å²) in [6.07, 6.45) is 0.859. The second-order valence-corrected chi connectivity index (χ2v) is 6.88.